The maximum atomic E-state index is 12.8. The van der Waals surface area contributed by atoms with Crippen molar-refractivity contribution in [3.8, 4) is 34.1 Å². The van der Waals surface area contributed by atoms with Gasteiger partial charge in [0.25, 0.3) is 5.91 Å². The number of phenols is 1. The molecule has 182 valence electrons. The number of pyridine rings is 1. The smallest absolute Gasteiger partial charge is 0.251 e. The molecule has 2 aromatic carbocycles. The number of methoxy groups -OCH3 is 1. The molecule has 0 bridgehead atoms. The number of nitrogens with zero attached hydrogens (tertiary/aromatic N) is 4. The van der Waals surface area contributed by atoms with Crippen LogP contribution in [-0.4, -0.2) is 42.9 Å². The minimum Gasteiger partial charge on any atom is -0.507 e. The largest absolute Gasteiger partial charge is 0.507 e. The van der Waals surface area contributed by atoms with Crippen molar-refractivity contribution in [2.24, 2.45) is 0 Å². The van der Waals surface area contributed by atoms with Crippen LogP contribution in [0.3, 0.4) is 0 Å². The van der Waals surface area contributed by atoms with Crippen molar-refractivity contribution in [3.05, 3.63) is 78.2 Å². The van der Waals surface area contributed by atoms with Gasteiger partial charge in [0.05, 0.1) is 29.9 Å². The third-order valence-electron chi connectivity index (χ3n) is 5.91. The molecule has 5 rings (SSSR count). The summed E-state index contributed by atoms with van der Waals surface area (Å²) in [6.45, 7) is 4.49. The molecule has 0 saturated carbocycles. The molecule has 9 heteroatoms. The lowest BCUT2D eigenvalue weighted by Gasteiger charge is -2.09. The zero-order valence-corrected chi connectivity index (χ0v) is 20.2. The van der Waals surface area contributed by atoms with E-state index in [2.05, 4.69) is 39.2 Å². The molecule has 0 fully saturated rings. The monoisotopic (exact) mass is 482 g/mol. The topological polar surface area (TPSA) is 118 Å². The van der Waals surface area contributed by atoms with E-state index in [0.717, 1.165) is 16.7 Å². The van der Waals surface area contributed by atoms with Gasteiger partial charge in [-0.25, -0.2) is 9.97 Å². The van der Waals surface area contributed by atoms with Crippen molar-refractivity contribution in [1.82, 2.24) is 30.0 Å². The molecule has 0 radical (unpaired) electrons. The molecule has 0 unspecified atom stereocenters. The van der Waals surface area contributed by atoms with Gasteiger partial charge in [0.2, 0.25) is 5.88 Å². The summed E-state index contributed by atoms with van der Waals surface area (Å²) in [4.78, 5) is 24.9. The summed E-state index contributed by atoms with van der Waals surface area (Å²) in [7, 11) is 1.57. The lowest BCUT2D eigenvalue weighted by atomic mass is 10.0. The fourth-order valence-electron chi connectivity index (χ4n) is 3.98. The number of benzene rings is 2. The summed E-state index contributed by atoms with van der Waals surface area (Å²) in [6.07, 6.45) is 5.35. The van der Waals surface area contributed by atoms with Crippen LogP contribution in [0.15, 0.2) is 67.1 Å². The van der Waals surface area contributed by atoms with E-state index < -0.39 is 0 Å². The van der Waals surface area contributed by atoms with Crippen LogP contribution in [0.1, 0.15) is 35.8 Å². The average Bonchev–Trinajstić information content (AvgIpc) is 3.54. The van der Waals surface area contributed by atoms with Crippen LogP contribution in [0.4, 0.5) is 0 Å². The second kappa shape index (κ2) is 9.53. The Morgan fingerprint density at radius 2 is 2.03 bits per heavy atom. The number of hydrogen-bond donors (Lipinski definition) is 3. The van der Waals surface area contributed by atoms with Crippen molar-refractivity contribution in [2.75, 3.05) is 7.11 Å². The Balaban J connectivity index is 1.40. The summed E-state index contributed by atoms with van der Waals surface area (Å²) in [5, 5.41) is 17.8. The number of carbonyl (C=O) groups excluding carboxylic acids is 1. The molecule has 1 amide bonds. The number of imidazole rings is 1. The van der Waals surface area contributed by atoms with Gasteiger partial charge in [-0.05, 0) is 61.9 Å². The van der Waals surface area contributed by atoms with E-state index in [4.69, 9.17) is 4.74 Å². The Morgan fingerprint density at radius 3 is 2.81 bits per heavy atom. The van der Waals surface area contributed by atoms with E-state index in [1.165, 1.54) is 0 Å². The normalized spacial score (nSPS) is 11.2. The summed E-state index contributed by atoms with van der Waals surface area (Å²) in [5.41, 5.74) is 4.97. The van der Waals surface area contributed by atoms with Gasteiger partial charge >= 0.3 is 0 Å². The fraction of sp³-hybridized carbons (Fsp3) is 0.185. The third-order valence-corrected chi connectivity index (χ3v) is 5.91. The highest BCUT2D eigenvalue weighted by Gasteiger charge is 2.15. The van der Waals surface area contributed by atoms with E-state index in [1.807, 2.05) is 29.1 Å². The molecule has 3 aromatic heterocycles. The number of H-pyrrole nitrogens is 1. The first kappa shape index (κ1) is 23.1. The summed E-state index contributed by atoms with van der Waals surface area (Å²) < 4.78 is 7.23. The highest BCUT2D eigenvalue weighted by Crippen LogP contribution is 2.35. The van der Waals surface area contributed by atoms with Gasteiger partial charge in [0, 0.05) is 41.7 Å². The number of ether oxygens (including phenoxy) is 1. The number of phenolic OH excluding ortho intramolecular Hbond substituents is 1. The molecule has 3 heterocycles. The first-order valence-electron chi connectivity index (χ1n) is 11.6. The number of aromatic hydroxyl groups is 1. The van der Waals surface area contributed by atoms with Crippen molar-refractivity contribution >= 4 is 16.9 Å². The van der Waals surface area contributed by atoms with Crippen LogP contribution in [0.25, 0.3) is 33.5 Å². The van der Waals surface area contributed by atoms with Crippen LogP contribution in [0.2, 0.25) is 0 Å². The van der Waals surface area contributed by atoms with E-state index in [0.29, 0.717) is 40.4 Å². The Kier molecular flexibility index (Phi) is 6.12. The van der Waals surface area contributed by atoms with Crippen LogP contribution >= 0.6 is 0 Å². The minimum absolute atomic E-state index is 0.0839. The summed E-state index contributed by atoms with van der Waals surface area (Å²) in [5.74, 6) is 0.872. The van der Waals surface area contributed by atoms with E-state index in [1.54, 1.807) is 49.8 Å². The third kappa shape index (κ3) is 4.50. The standard InChI is InChI=1S/C27H26N6O3/c1-16(2)33-15-17(14-30-33)13-29-26(35)19-6-8-22-23(12-19)32-25(31-22)21-11-18(7-9-24(21)34)20-5-4-10-28-27(20)36-3/h4-12,14-16,34H,13H2,1-3H3,(H,29,35)(H,31,32). The van der Waals surface area contributed by atoms with E-state index in [-0.39, 0.29) is 17.7 Å². The van der Waals surface area contributed by atoms with Crippen LogP contribution in [0, 0.1) is 0 Å². The van der Waals surface area contributed by atoms with Crippen molar-refractivity contribution in [2.45, 2.75) is 26.4 Å². The highest BCUT2D eigenvalue weighted by atomic mass is 16.5. The van der Waals surface area contributed by atoms with Gasteiger partial charge < -0.3 is 20.1 Å². The van der Waals surface area contributed by atoms with E-state index >= 15 is 0 Å². The molecule has 0 spiro atoms. The van der Waals surface area contributed by atoms with Crippen LogP contribution < -0.4 is 10.1 Å². The predicted molar refractivity (Wildman–Crippen MR) is 137 cm³/mol. The quantitative estimate of drug-likeness (QED) is 0.309. The van der Waals surface area contributed by atoms with E-state index in [9.17, 15) is 9.90 Å². The molecule has 5 aromatic rings. The first-order valence-corrected chi connectivity index (χ1v) is 11.6. The van der Waals surface area contributed by atoms with Crippen LogP contribution in [0.5, 0.6) is 11.6 Å². The number of amides is 1. The summed E-state index contributed by atoms with van der Waals surface area (Å²) >= 11 is 0. The highest BCUT2D eigenvalue weighted by molar-refractivity contribution is 5.97. The van der Waals surface area contributed by atoms with Gasteiger partial charge in [-0.1, -0.05) is 6.07 Å². The predicted octanol–water partition coefficient (Wildman–Crippen LogP) is 4.71. The molecular weight excluding hydrogens is 456 g/mol. The number of fused-ring (bicyclic) bond motifs is 1. The lowest BCUT2D eigenvalue weighted by molar-refractivity contribution is 0.0951. The Bertz CT molecular complexity index is 1550. The molecule has 3 N–H and O–H groups in total. The number of aromatic amines is 1. The maximum Gasteiger partial charge on any atom is 0.251 e. The number of hydrogen-bond acceptors (Lipinski definition) is 6. The van der Waals surface area contributed by atoms with Crippen molar-refractivity contribution in [1.29, 1.82) is 0 Å². The van der Waals surface area contributed by atoms with Gasteiger partial charge in [0.15, 0.2) is 0 Å². The molecule has 36 heavy (non-hydrogen) atoms. The SMILES string of the molecule is COc1ncccc1-c1ccc(O)c(-c2nc3ccc(C(=O)NCc4cnn(C(C)C)c4)cc3[nH]2)c1. The number of carbonyl (C=O) groups is 1. The first-order chi connectivity index (χ1) is 17.4. The van der Waals surface area contributed by atoms with Gasteiger partial charge in [-0.3, -0.25) is 9.48 Å². The Labute approximate surface area is 207 Å². The fourth-order valence-corrected chi connectivity index (χ4v) is 3.98. The molecule has 0 aliphatic heterocycles. The van der Waals surface area contributed by atoms with Gasteiger partial charge in [-0.15, -0.1) is 0 Å². The number of aromatic nitrogens is 5. The Morgan fingerprint density at radius 1 is 1.17 bits per heavy atom. The van der Waals surface area contributed by atoms with Gasteiger partial charge in [-0.2, -0.15) is 5.10 Å². The number of nitrogens with one attached hydrogen (secondary N) is 2. The molecular formula is C27H26N6O3. The second-order valence-corrected chi connectivity index (χ2v) is 8.71. The minimum atomic E-state index is -0.195. The average molecular weight is 483 g/mol. The molecule has 0 aliphatic carbocycles. The lowest BCUT2D eigenvalue weighted by Crippen LogP contribution is -2.22. The number of rotatable bonds is 7. The second-order valence-electron chi connectivity index (χ2n) is 8.71. The maximum absolute atomic E-state index is 12.8. The molecule has 0 aliphatic rings. The zero-order valence-electron chi connectivity index (χ0n) is 20.2. The summed E-state index contributed by atoms with van der Waals surface area (Å²) in [6, 6.07) is 14.5. The van der Waals surface area contributed by atoms with Crippen molar-refractivity contribution in [3.63, 3.8) is 0 Å². The molecule has 0 saturated heterocycles. The molecule has 9 nitrogen and oxygen atoms in total. The zero-order chi connectivity index (χ0) is 25.2. The Hall–Kier alpha value is -4.66. The van der Waals surface area contributed by atoms with Crippen molar-refractivity contribution < 1.29 is 14.6 Å². The molecule has 0 atom stereocenters. The van der Waals surface area contributed by atoms with Gasteiger partial charge in [0.1, 0.15) is 11.6 Å². The van der Waals surface area contributed by atoms with Crippen LogP contribution in [-0.2, 0) is 6.54 Å².